The van der Waals surface area contributed by atoms with Gasteiger partial charge in [0.1, 0.15) is 6.10 Å². The van der Waals surface area contributed by atoms with E-state index in [9.17, 15) is 9.90 Å². The van der Waals surface area contributed by atoms with Crippen molar-refractivity contribution >= 4 is 5.91 Å². The van der Waals surface area contributed by atoms with Gasteiger partial charge in [0.15, 0.2) is 0 Å². The molecule has 0 radical (unpaired) electrons. The molecule has 0 aromatic carbocycles. The van der Waals surface area contributed by atoms with Crippen molar-refractivity contribution in [2.45, 2.75) is 64.9 Å². The predicted octanol–water partition coefficient (Wildman–Crippen LogP) is 2.23. The van der Waals surface area contributed by atoms with Crippen molar-refractivity contribution in [2.75, 3.05) is 6.54 Å². The first-order valence-electron chi connectivity index (χ1n) is 6.18. The Morgan fingerprint density at radius 1 is 1.13 bits per heavy atom. The van der Waals surface area contributed by atoms with Crippen LogP contribution in [0.5, 0.6) is 0 Å². The first-order valence-corrected chi connectivity index (χ1v) is 6.18. The van der Waals surface area contributed by atoms with Gasteiger partial charge in [0.25, 0.3) is 0 Å². The average molecular weight is 215 g/mol. The Labute approximate surface area is 93.3 Å². The Balaban J connectivity index is 3.20. The molecule has 0 rings (SSSR count). The molecule has 0 fully saturated rings. The molecule has 0 bridgehead atoms. The SMILES string of the molecule is CCCCCCCCNC(=O)[C@@H](O)CC. The average Bonchev–Trinajstić information content (AvgIpc) is 2.26. The molecule has 0 aliphatic carbocycles. The fourth-order valence-electron chi connectivity index (χ4n) is 1.42. The van der Waals surface area contributed by atoms with Crippen molar-refractivity contribution in [3.63, 3.8) is 0 Å². The highest BCUT2D eigenvalue weighted by atomic mass is 16.3. The highest BCUT2D eigenvalue weighted by molar-refractivity contribution is 5.80. The number of hydrogen-bond donors (Lipinski definition) is 2. The third-order valence-electron chi connectivity index (χ3n) is 2.52. The molecule has 3 nitrogen and oxygen atoms in total. The lowest BCUT2D eigenvalue weighted by molar-refractivity contribution is -0.129. The number of nitrogens with one attached hydrogen (secondary N) is 1. The Morgan fingerprint density at radius 2 is 1.73 bits per heavy atom. The lowest BCUT2D eigenvalue weighted by Crippen LogP contribution is -2.34. The van der Waals surface area contributed by atoms with Gasteiger partial charge in [-0.1, -0.05) is 46.0 Å². The van der Waals surface area contributed by atoms with E-state index in [0.717, 1.165) is 6.42 Å². The van der Waals surface area contributed by atoms with E-state index in [-0.39, 0.29) is 5.91 Å². The van der Waals surface area contributed by atoms with E-state index >= 15 is 0 Å². The zero-order chi connectivity index (χ0) is 11.5. The molecule has 3 heteroatoms. The van der Waals surface area contributed by atoms with Gasteiger partial charge in [-0.25, -0.2) is 0 Å². The minimum Gasteiger partial charge on any atom is -0.383 e. The molecular weight excluding hydrogens is 190 g/mol. The quantitative estimate of drug-likeness (QED) is 0.579. The number of rotatable bonds is 9. The van der Waals surface area contributed by atoms with Crippen LogP contribution in [0.2, 0.25) is 0 Å². The summed E-state index contributed by atoms with van der Waals surface area (Å²) in [6.07, 6.45) is 6.96. The Kier molecular flexibility index (Phi) is 9.59. The van der Waals surface area contributed by atoms with Gasteiger partial charge < -0.3 is 10.4 Å². The van der Waals surface area contributed by atoms with Gasteiger partial charge in [-0.05, 0) is 12.8 Å². The van der Waals surface area contributed by atoms with Crippen LogP contribution in [0.15, 0.2) is 0 Å². The predicted molar refractivity (Wildman–Crippen MR) is 62.7 cm³/mol. The van der Waals surface area contributed by atoms with Crippen molar-refractivity contribution in [2.24, 2.45) is 0 Å². The van der Waals surface area contributed by atoms with Crippen LogP contribution in [-0.4, -0.2) is 23.7 Å². The van der Waals surface area contributed by atoms with E-state index in [4.69, 9.17) is 0 Å². The Morgan fingerprint density at radius 3 is 2.33 bits per heavy atom. The van der Waals surface area contributed by atoms with Gasteiger partial charge in [0, 0.05) is 6.54 Å². The van der Waals surface area contributed by atoms with Crippen LogP contribution in [0, 0.1) is 0 Å². The fourth-order valence-corrected chi connectivity index (χ4v) is 1.42. The van der Waals surface area contributed by atoms with Gasteiger partial charge >= 0.3 is 0 Å². The van der Waals surface area contributed by atoms with E-state index in [2.05, 4.69) is 12.2 Å². The second kappa shape index (κ2) is 9.97. The van der Waals surface area contributed by atoms with Crippen LogP contribution in [0.4, 0.5) is 0 Å². The highest BCUT2D eigenvalue weighted by Crippen LogP contribution is 2.04. The molecule has 1 amide bonds. The number of aliphatic hydroxyl groups is 1. The van der Waals surface area contributed by atoms with E-state index in [0.29, 0.717) is 13.0 Å². The zero-order valence-corrected chi connectivity index (χ0v) is 10.1. The van der Waals surface area contributed by atoms with Crippen molar-refractivity contribution in [1.82, 2.24) is 5.32 Å². The summed E-state index contributed by atoms with van der Waals surface area (Å²) in [7, 11) is 0. The third-order valence-corrected chi connectivity index (χ3v) is 2.52. The summed E-state index contributed by atoms with van der Waals surface area (Å²) in [5.74, 6) is -0.231. The van der Waals surface area contributed by atoms with Crippen molar-refractivity contribution in [3.05, 3.63) is 0 Å². The number of unbranched alkanes of at least 4 members (excludes halogenated alkanes) is 5. The van der Waals surface area contributed by atoms with Crippen LogP contribution in [0.3, 0.4) is 0 Å². The van der Waals surface area contributed by atoms with Gasteiger partial charge in [-0.15, -0.1) is 0 Å². The fraction of sp³-hybridized carbons (Fsp3) is 0.917. The molecule has 0 heterocycles. The molecule has 15 heavy (non-hydrogen) atoms. The summed E-state index contributed by atoms with van der Waals surface area (Å²) in [6, 6.07) is 0. The molecule has 0 saturated heterocycles. The van der Waals surface area contributed by atoms with Crippen LogP contribution in [-0.2, 0) is 4.79 Å². The molecule has 0 aromatic rings. The molecule has 90 valence electrons. The maximum absolute atomic E-state index is 11.1. The molecule has 0 aromatic heterocycles. The lowest BCUT2D eigenvalue weighted by Gasteiger charge is -2.08. The Bertz CT molecular complexity index is 160. The molecule has 1 atom stereocenters. The summed E-state index contributed by atoms with van der Waals surface area (Å²) in [6.45, 7) is 4.70. The zero-order valence-electron chi connectivity index (χ0n) is 10.1. The number of carbonyl (C=O) groups excluding carboxylic acids is 1. The summed E-state index contributed by atoms with van der Waals surface area (Å²) >= 11 is 0. The molecular formula is C12H25NO2. The number of hydrogen-bond acceptors (Lipinski definition) is 2. The molecule has 0 unspecified atom stereocenters. The van der Waals surface area contributed by atoms with E-state index in [1.807, 2.05) is 0 Å². The van der Waals surface area contributed by atoms with Crippen LogP contribution in [0.25, 0.3) is 0 Å². The monoisotopic (exact) mass is 215 g/mol. The minimum atomic E-state index is -0.829. The second-order valence-electron chi connectivity index (χ2n) is 3.98. The summed E-state index contributed by atoms with van der Waals surface area (Å²) < 4.78 is 0. The van der Waals surface area contributed by atoms with E-state index in [1.54, 1.807) is 6.92 Å². The highest BCUT2D eigenvalue weighted by Gasteiger charge is 2.10. The molecule has 0 spiro atoms. The Hall–Kier alpha value is -0.570. The molecule has 0 saturated carbocycles. The summed E-state index contributed by atoms with van der Waals surface area (Å²) in [4.78, 5) is 11.1. The lowest BCUT2D eigenvalue weighted by atomic mass is 10.1. The van der Waals surface area contributed by atoms with Crippen LogP contribution < -0.4 is 5.32 Å². The number of aliphatic hydroxyl groups excluding tert-OH is 1. The first kappa shape index (κ1) is 14.4. The minimum absolute atomic E-state index is 0.231. The van der Waals surface area contributed by atoms with Crippen LogP contribution in [0.1, 0.15) is 58.8 Å². The van der Waals surface area contributed by atoms with Crippen molar-refractivity contribution < 1.29 is 9.90 Å². The maximum atomic E-state index is 11.1. The van der Waals surface area contributed by atoms with E-state index < -0.39 is 6.10 Å². The number of amides is 1. The second-order valence-corrected chi connectivity index (χ2v) is 3.98. The summed E-state index contributed by atoms with van der Waals surface area (Å²) in [5.41, 5.74) is 0. The molecule has 0 aliphatic rings. The van der Waals surface area contributed by atoms with Gasteiger partial charge in [0.2, 0.25) is 5.91 Å². The smallest absolute Gasteiger partial charge is 0.248 e. The van der Waals surface area contributed by atoms with Crippen molar-refractivity contribution in [1.29, 1.82) is 0 Å². The molecule has 2 N–H and O–H groups in total. The topological polar surface area (TPSA) is 49.3 Å². The normalized spacial score (nSPS) is 12.5. The number of carbonyl (C=O) groups is 1. The van der Waals surface area contributed by atoms with Gasteiger partial charge in [0.05, 0.1) is 0 Å². The third kappa shape index (κ3) is 8.43. The maximum Gasteiger partial charge on any atom is 0.248 e. The summed E-state index contributed by atoms with van der Waals surface area (Å²) in [5, 5.41) is 11.9. The first-order chi connectivity index (χ1) is 7.22. The largest absolute Gasteiger partial charge is 0.383 e. The standard InChI is InChI=1S/C12H25NO2/c1-3-5-6-7-8-9-10-13-12(15)11(14)4-2/h11,14H,3-10H2,1-2H3,(H,13,15)/t11-/m0/s1. The van der Waals surface area contributed by atoms with E-state index in [1.165, 1.54) is 32.1 Å². The van der Waals surface area contributed by atoms with Crippen molar-refractivity contribution in [3.8, 4) is 0 Å². The van der Waals surface area contributed by atoms with Gasteiger partial charge in [-0.2, -0.15) is 0 Å². The molecule has 0 aliphatic heterocycles. The van der Waals surface area contributed by atoms with Gasteiger partial charge in [-0.3, -0.25) is 4.79 Å². The van der Waals surface area contributed by atoms with Crippen LogP contribution >= 0.6 is 0 Å².